The van der Waals surface area contributed by atoms with Crippen LogP contribution in [-0.2, 0) is 4.74 Å². The van der Waals surface area contributed by atoms with Crippen LogP contribution in [0.25, 0.3) is 0 Å². The third-order valence-electron chi connectivity index (χ3n) is 0.711. The normalized spacial score (nSPS) is 15.3. The summed E-state index contributed by atoms with van der Waals surface area (Å²) < 4.78 is 4.94. The zero-order valence-electron chi connectivity index (χ0n) is 4.22. The number of rotatable bonds is 1. The summed E-state index contributed by atoms with van der Waals surface area (Å²) >= 11 is 0. The first kappa shape index (κ1) is 4.37. The largest absolute Gasteiger partial charge is 0.478 e. The van der Waals surface area contributed by atoms with E-state index in [0.29, 0.717) is 6.61 Å². The van der Waals surface area contributed by atoms with Gasteiger partial charge in [-0.05, 0) is 6.92 Å². The molecule has 0 N–H and O–H groups in total. The van der Waals surface area contributed by atoms with E-state index in [0.717, 1.165) is 5.90 Å². The highest BCUT2D eigenvalue weighted by Gasteiger charge is 1.95. The van der Waals surface area contributed by atoms with E-state index in [-0.39, 0.29) is 0 Å². The van der Waals surface area contributed by atoms with Crippen LogP contribution < -0.4 is 0 Å². The van der Waals surface area contributed by atoms with E-state index in [9.17, 15) is 0 Å². The molecule has 0 aromatic rings. The molecule has 1 aliphatic heterocycles. The van der Waals surface area contributed by atoms with Crippen molar-refractivity contribution in [1.29, 1.82) is 0 Å². The van der Waals surface area contributed by atoms with Crippen molar-refractivity contribution in [2.24, 2.45) is 4.99 Å². The van der Waals surface area contributed by atoms with Gasteiger partial charge in [-0.1, -0.05) is 0 Å². The van der Waals surface area contributed by atoms with Gasteiger partial charge in [-0.15, -0.1) is 0 Å². The van der Waals surface area contributed by atoms with Gasteiger partial charge in [0.05, 0.1) is 6.61 Å². The molecule has 0 radical (unpaired) electrons. The van der Waals surface area contributed by atoms with Crippen molar-refractivity contribution < 1.29 is 4.74 Å². The summed E-state index contributed by atoms with van der Waals surface area (Å²) in [6, 6.07) is 0. The monoisotopic (exact) mass is 97.1 g/mol. The average Bonchev–Trinajstić information content (AvgIpc) is 1.55. The van der Waals surface area contributed by atoms with Gasteiger partial charge in [-0.3, -0.25) is 0 Å². The Balaban J connectivity index is 2.17. The molecule has 1 aliphatic rings. The molecule has 0 spiro atoms. The highest BCUT2D eigenvalue weighted by atomic mass is 16.5. The molecule has 38 valence electrons. The van der Waals surface area contributed by atoms with Gasteiger partial charge in [-0.2, -0.15) is 0 Å². The molecule has 0 aromatic carbocycles. The second-order valence-electron chi connectivity index (χ2n) is 1.22. The number of hydrogen-bond donors (Lipinski definition) is 0. The molecule has 0 unspecified atom stereocenters. The predicted molar refractivity (Wildman–Crippen MR) is 28.2 cm³/mol. The van der Waals surface area contributed by atoms with Gasteiger partial charge in [0.15, 0.2) is 0 Å². The second-order valence-corrected chi connectivity index (χ2v) is 1.22. The Morgan fingerprint density at radius 3 is 2.71 bits per heavy atom. The van der Waals surface area contributed by atoms with Crippen molar-refractivity contribution in [2.45, 2.75) is 6.92 Å². The Kier molecular flexibility index (Phi) is 1.11. The van der Waals surface area contributed by atoms with E-state index in [2.05, 4.69) is 4.99 Å². The number of ether oxygens (including phenoxy) is 1. The first-order chi connectivity index (χ1) is 3.43. The van der Waals surface area contributed by atoms with Crippen LogP contribution in [0.4, 0.5) is 0 Å². The minimum Gasteiger partial charge on any atom is -0.478 e. The van der Waals surface area contributed by atoms with Crippen LogP contribution in [-0.4, -0.2) is 12.5 Å². The molecule has 2 nitrogen and oxygen atoms in total. The predicted octanol–water partition coefficient (Wildman–Crippen LogP) is 0.949. The topological polar surface area (TPSA) is 21.6 Å². The van der Waals surface area contributed by atoms with Crippen LogP contribution in [0.2, 0.25) is 0 Å². The van der Waals surface area contributed by atoms with E-state index in [1.165, 1.54) is 0 Å². The molecular formula is C5H7NO. The Hall–Kier alpha value is -0.790. The summed E-state index contributed by atoms with van der Waals surface area (Å²) in [6.07, 6.45) is 3.55. The maximum atomic E-state index is 4.94. The zero-order chi connectivity index (χ0) is 5.11. The quantitative estimate of drug-likeness (QED) is 0.477. The van der Waals surface area contributed by atoms with Crippen LogP contribution in [0.3, 0.4) is 0 Å². The Morgan fingerprint density at radius 2 is 2.57 bits per heavy atom. The fraction of sp³-hybridized carbons (Fsp3) is 0.400. The molecule has 1 heterocycles. The number of nitrogens with zero attached hydrogens (tertiary/aromatic N) is 1. The molecule has 0 amide bonds. The molecule has 0 saturated carbocycles. The lowest BCUT2D eigenvalue weighted by Gasteiger charge is -2.03. The first-order valence-corrected chi connectivity index (χ1v) is 2.30. The van der Waals surface area contributed by atoms with Gasteiger partial charge < -0.3 is 4.74 Å². The third kappa shape index (κ3) is 0.796. The summed E-state index contributed by atoms with van der Waals surface area (Å²) in [5.41, 5.74) is 0. The molecule has 1 rings (SSSR count). The molecular weight excluding hydrogens is 90.1 g/mol. The average molecular weight is 97.1 g/mol. The lowest BCUT2D eigenvalue weighted by atomic mass is 10.5. The van der Waals surface area contributed by atoms with E-state index in [4.69, 9.17) is 4.74 Å². The summed E-state index contributed by atoms with van der Waals surface area (Å²) in [5, 5.41) is 0. The number of aliphatic imine (C=N–C) groups is 1. The van der Waals surface area contributed by atoms with Crippen molar-refractivity contribution in [1.82, 2.24) is 0 Å². The molecule has 2 heteroatoms. The first-order valence-electron chi connectivity index (χ1n) is 2.30. The van der Waals surface area contributed by atoms with Gasteiger partial charge in [0.25, 0.3) is 0 Å². The minimum atomic E-state index is 0.711. The third-order valence-corrected chi connectivity index (χ3v) is 0.711. The molecule has 0 saturated heterocycles. The molecule has 0 aromatic heterocycles. The van der Waals surface area contributed by atoms with Crippen molar-refractivity contribution >= 4 is 5.90 Å². The standard InChI is InChI=1S/C5H7NO/c1-2-7-5-3-4-6-5/h3-4H,2H2,1H3. The van der Waals surface area contributed by atoms with Gasteiger partial charge in [0.2, 0.25) is 5.90 Å². The number of hydrogen-bond acceptors (Lipinski definition) is 2. The van der Waals surface area contributed by atoms with Crippen LogP contribution in [0.15, 0.2) is 17.3 Å². The van der Waals surface area contributed by atoms with Crippen LogP contribution in [0, 0.1) is 0 Å². The van der Waals surface area contributed by atoms with Gasteiger partial charge in [0, 0.05) is 12.3 Å². The molecule has 0 bridgehead atoms. The van der Waals surface area contributed by atoms with Crippen LogP contribution >= 0.6 is 0 Å². The van der Waals surface area contributed by atoms with Crippen molar-refractivity contribution in [2.75, 3.05) is 6.61 Å². The molecule has 0 fully saturated rings. The fourth-order valence-electron chi connectivity index (χ4n) is 0.369. The van der Waals surface area contributed by atoms with E-state index in [1.54, 1.807) is 6.20 Å². The highest BCUT2D eigenvalue weighted by Crippen LogP contribution is 1.95. The smallest absolute Gasteiger partial charge is 0.214 e. The van der Waals surface area contributed by atoms with Gasteiger partial charge >= 0.3 is 0 Å². The second kappa shape index (κ2) is 1.78. The van der Waals surface area contributed by atoms with E-state index >= 15 is 0 Å². The minimum absolute atomic E-state index is 0.711. The summed E-state index contributed by atoms with van der Waals surface area (Å²) in [7, 11) is 0. The fourth-order valence-corrected chi connectivity index (χ4v) is 0.369. The Labute approximate surface area is 42.5 Å². The Morgan fingerprint density at radius 1 is 1.86 bits per heavy atom. The highest BCUT2D eigenvalue weighted by molar-refractivity contribution is 5.92. The van der Waals surface area contributed by atoms with Crippen molar-refractivity contribution in [3.63, 3.8) is 0 Å². The van der Waals surface area contributed by atoms with Crippen LogP contribution in [0.1, 0.15) is 6.92 Å². The maximum Gasteiger partial charge on any atom is 0.214 e. The summed E-state index contributed by atoms with van der Waals surface area (Å²) in [5.74, 6) is 0.752. The molecule has 0 atom stereocenters. The van der Waals surface area contributed by atoms with E-state index < -0.39 is 0 Å². The van der Waals surface area contributed by atoms with Crippen molar-refractivity contribution in [3.05, 3.63) is 12.3 Å². The van der Waals surface area contributed by atoms with Crippen LogP contribution in [0.5, 0.6) is 0 Å². The molecule has 0 aliphatic carbocycles. The van der Waals surface area contributed by atoms with Gasteiger partial charge in [0.1, 0.15) is 0 Å². The zero-order valence-corrected chi connectivity index (χ0v) is 4.22. The summed E-state index contributed by atoms with van der Waals surface area (Å²) in [4.78, 5) is 3.77. The Bertz CT molecular complexity index is 115. The molecule has 7 heavy (non-hydrogen) atoms. The SMILES string of the molecule is CCOC1=NC=C1. The lowest BCUT2D eigenvalue weighted by molar-refractivity contribution is 0.328. The summed E-state index contributed by atoms with van der Waals surface area (Å²) in [6.45, 7) is 2.65. The van der Waals surface area contributed by atoms with Crippen molar-refractivity contribution in [3.8, 4) is 0 Å². The maximum absolute atomic E-state index is 4.94. The van der Waals surface area contributed by atoms with E-state index in [1.807, 2.05) is 13.0 Å². The van der Waals surface area contributed by atoms with Gasteiger partial charge in [-0.25, -0.2) is 4.99 Å². The lowest BCUT2D eigenvalue weighted by Crippen LogP contribution is -2.04.